The van der Waals surface area contributed by atoms with Gasteiger partial charge in [0.2, 0.25) is 5.91 Å². The molecule has 214 valence electrons. The molecule has 0 radical (unpaired) electrons. The molecule has 0 aliphatic heterocycles. The van der Waals surface area contributed by atoms with Gasteiger partial charge in [-0.15, -0.1) is 11.8 Å². The molecule has 1 atom stereocenters. The summed E-state index contributed by atoms with van der Waals surface area (Å²) in [6, 6.07) is 28.5. The fourth-order valence-electron chi connectivity index (χ4n) is 3.98. The summed E-state index contributed by atoms with van der Waals surface area (Å²) in [5.74, 6) is -0.613. The van der Waals surface area contributed by atoms with Crippen LogP contribution in [0, 0.1) is 6.92 Å². The zero-order valence-electron chi connectivity index (χ0n) is 23.3. The average molecular weight is 600 g/mol. The molecule has 0 heterocycles. The van der Waals surface area contributed by atoms with Crippen LogP contribution in [0.3, 0.4) is 0 Å². The van der Waals surface area contributed by atoms with Crippen LogP contribution in [0.1, 0.15) is 28.4 Å². The van der Waals surface area contributed by atoms with Crippen LogP contribution < -0.4 is 20.7 Å². The number of carbonyl (C=O) groups is 3. The number of methoxy groups -OCH3 is 1. The Hall–Kier alpha value is -4.53. The smallest absolute Gasteiger partial charge is 0.272 e. The summed E-state index contributed by atoms with van der Waals surface area (Å²) in [7, 11) is 1.52. The van der Waals surface area contributed by atoms with Gasteiger partial charge in [-0.25, -0.2) is 0 Å². The van der Waals surface area contributed by atoms with Gasteiger partial charge in [-0.2, -0.15) is 0 Å². The highest BCUT2D eigenvalue weighted by atomic mass is 35.5. The fourth-order valence-corrected chi connectivity index (χ4v) is 5.08. The molecular formula is C33H30ClN3O4S. The second kappa shape index (κ2) is 14.4. The van der Waals surface area contributed by atoms with E-state index in [1.807, 2.05) is 43.3 Å². The van der Waals surface area contributed by atoms with Crippen molar-refractivity contribution in [2.24, 2.45) is 0 Å². The van der Waals surface area contributed by atoms with E-state index in [0.717, 1.165) is 16.0 Å². The summed E-state index contributed by atoms with van der Waals surface area (Å²) in [4.78, 5) is 40.0. The Morgan fingerprint density at radius 3 is 2.38 bits per heavy atom. The Bertz CT molecular complexity index is 1620. The highest BCUT2D eigenvalue weighted by Crippen LogP contribution is 2.30. The number of rotatable bonds is 10. The standard InChI is InChI=1S/C33H30ClN3O4S/c1-21-9-7-10-23(17-21)18-29(37-32(39)24-11-5-4-6-12-24)33(40)35-26-13-8-14-27(20-26)42-22(2)31(38)36-28-19-25(34)15-16-30(28)41-3/h4-20,22H,1-3H3,(H,35,40)(H,36,38)(H,37,39)/b29-18+. The van der Waals surface area contributed by atoms with Gasteiger partial charge < -0.3 is 20.7 Å². The molecule has 9 heteroatoms. The molecule has 0 spiro atoms. The zero-order valence-corrected chi connectivity index (χ0v) is 24.9. The quantitative estimate of drug-likeness (QED) is 0.132. The summed E-state index contributed by atoms with van der Waals surface area (Å²) in [6.45, 7) is 3.74. The van der Waals surface area contributed by atoms with Crippen LogP contribution in [0.2, 0.25) is 5.02 Å². The van der Waals surface area contributed by atoms with Crippen molar-refractivity contribution in [3.8, 4) is 5.75 Å². The third kappa shape index (κ3) is 8.49. The first-order valence-corrected chi connectivity index (χ1v) is 14.3. The molecule has 42 heavy (non-hydrogen) atoms. The van der Waals surface area contributed by atoms with Gasteiger partial charge in [-0.05, 0) is 74.0 Å². The highest BCUT2D eigenvalue weighted by molar-refractivity contribution is 8.00. The molecule has 0 aromatic heterocycles. The molecule has 0 saturated heterocycles. The number of anilines is 2. The van der Waals surface area contributed by atoms with Crippen LogP contribution in [-0.4, -0.2) is 30.1 Å². The average Bonchev–Trinajstić information content (AvgIpc) is 2.97. The lowest BCUT2D eigenvalue weighted by molar-refractivity contribution is -0.115. The van der Waals surface area contributed by atoms with Gasteiger partial charge >= 0.3 is 0 Å². The predicted molar refractivity (Wildman–Crippen MR) is 170 cm³/mol. The van der Waals surface area contributed by atoms with Crippen LogP contribution in [0.5, 0.6) is 5.75 Å². The minimum atomic E-state index is -0.484. The van der Waals surface area contributed by atoms with Crippen molar-refractivity contribution in [2.45, 2.75) is 24.0 Å². The van der Waals surface area contributed by atoms with Crippen LogP contribution in [-0.2, 0) is 9.59 Å². The minimum absolute atomic E-state index is 0.0933. The molecule has 1 unspecified atom stereocenters. The van der Waals surface area contributed by atoms with Crippen LogP contribution >= 0.6 is 23.4 Å². The van der Waals surface area contributed by atoms with Crippen molar-refractivity contribution >= 4 is 58.5 Å². The highest BCUT2D eigenvalue weighted by Gasteiger charge is 2.18. The zero-order chi connectivity index (χ0) is 30.1. The first-order valence-electron chi connectivity index (χ1n) is 13.1. The third-order valence-electron chi connectivity index (χ3n) is 6.08. The van der Waals surface area contributed by atoms with Crippen LogP contribution in [0.15, 0.2) is 108 Å². The number of hydrogen-bond donors (Lipinski definition) is 3. The lowest BCUT2D eigenvalue weighted by atomic mass is 10.1. The molecule has 0 saturated carbocycles. The predicted octanol–water partition coefficient (Wildman–Crippen LogP) is 7.19. The number of hydrogen-bond acceptors (Lipinski definition) is 5. The second-order valence-electron chi connectivity index (χ2n) is 9.37. The van der Waals surface area contributed by atoms with Gasteiger partial charge in [0, 0.05) is 21.2 Å². The number of ether oxygens (including phenoxy) is 1. The molecule has 4 aromatic rings. The molecule has 0 aliphatic rings. The van der Waals surface area contributed by atoms with E-state index < -0.39 is 17.1 Å². The van der Waals surface area contributed by atoms with Gasteiger partial charge in [0.25, 0.3) is 11.8 Å². The Balaban J connectivity index is 1.48. The Morgan fingerprint density at radius 1 is 0.881 bits per heavy atom. The number of nitrogens with one attached hydrogen (secondary N) is 3. The summed E-state index contributed by atoms with van der Waals surface area (Å²) < 4.78 is 5.31. The molecule has 0 fully saturated rings. The summed E-state index contributed by atoms with van der Waals surface area (Å²) in [5, 5.41) is 8.49. The van der Waals surface area contributed by atoms with Gasteiger partial charge in [0.15, 0.2) is 0 Å². The molecular weight excluding hydrogens is 570 g/mol. The minimum Gasteiger partial charge on any atom is -0.495 e. The number of carbonyl (C=O) groups excluding carboxylic acids is 3. The maximum Gasteiger partial charge on any atom is 0.272 e. The topological polar surface area (TPSA) is 96.5 Å². The van der Waals surface area contributed by atoms with Crippen LogP contribution in [0.25, 0.3) is 6.08 Å². The number of halogens is 1. The van der Waals surface area contributed by atoms with E-state index >= 15 is 0 Å². The van der Waals surface area contributed by atoms with Crippen molar-refractivity contribution in [3.05, 3.63) is 124 Å². The first kappa shape index (κ1) is 30.4. The molecule has 7 nitrogen and oxygen atoms in total. The molecule has 3 amide bonds. The monoisotopic (exact) mass is 599 g/mol. The SMILES string of the molecule is COc1ccc(Cl)cc1NC(=O)C(C)Sc1cccc(NC(=O)/C(=C\c2cccc(C)c2)NC(=O)c2ccccc2)c1. The maximum atomic E-state index is 13.4. The fraction of sp³-hybridized carbons (Fsp3) is 0.121. The van der Waals surface area contributed by atoms with E-state index in [1.165, 1.54) is 18.9 Å². The van der Waals surface area contributed by atoms with Gasteiger partial charge in [-0.1, -0.05) is 65.7 Å². The third-order valence-corrected chi connectivity index (χ3v) is 7.40. The molecule has 3 N–H and O–H groups in total. The number of aryl methyl sites for hydroxylation is 1. The van der Waals surface area contributed by atoms with E-state index in [4.69, 9.17) is 16.3 Å². The lowest BCUT2D eigenvalue weighted by Crippen LogP contribution is -2.30. The van der Waals surface area contributed by atoms with E-state index in [0.29, 0.717) is 27.7 Å². The summed E-state index contributed by atoms with van der Waals surface area (Å²) in [6.07, 6.45) is 1.64. The lowest BCUT2D eigenvalue weighted by Gasteiger charge is -2.15. The molecule has 4 aromatic carbocycles. The Kier molecular flexibility index (Phi) is 10.4. The van der Waals surface area contributed by atoms with Crippen molar-refractivity contribution in [1.29, 1.82) is 0 Å². The Morgan fingerprint density at radius 2 is 1.64 bits per heavy atom. The van der Waals surface area contributed by atoms with Gasteiger partial charge in [0.05, 0.1) is 18.0 Å². The molecule has 4 rings (SSSR count). The van der Waals surface area contributed by atoms with Gasteiger partial charge in [0.1, 0.15) is 11.4 Å². The number of thioether (sulfide) groups is 1. The van der Waals surface area contributed by atoms with E-state index in [2.05, 4.69) is 16.0 Å². The number of amides is 3. The first-order chi connectivity index (χ1) is 20.2. The number of benzene rings is 4. The summed E-state index contributed by atoms with van der Waals surface area (Å²) >= 11 is 7.41. The van der Waals surface area contributed by atoms with Crippen LogP contribution in [0.4, 0.5) is 11.4 Å². The maximum absolute atomic E-state index is 13.4. The molecule has 0 aliphatic carbocycles. The van der Waals surface area contributed by atoms with E-state index in [-0.39, 0.29) is 11.6 Å². The normalized spacial score (nSPS) is 11.8. The Labute approximate surface area is 254 Å². The summed E-state index contributed by atoms with van der Waals surface area (Å²) in [5.41, 5.74) is 3.31. The van der Waals surface area contributed by atoms with Crippen molar-refractivity contribution < 1.29 is 19.1 Å². The second-order valence-corrected chi connectivity index (χ2v) is 11.2. The van der Waals surface area contributed by atoms with Crippen molar-refractivity contribution in [3.63, 3.8) is 0 Å². The van der Waals surface area contributed by atoms with E-state index in [1.54, 1.807) is 73.7 Å². The van der Waals surface area contributed by atoms with E-state index in [9.17, 15) is 14.4 Å². The largest absolute Gasteiger partial charge is 0.495 e. The van der Waals surface area contributed by atoms with Crippen molar-refractivity contribution in [2.75, 3.05) is 17.7 Å². The molecule has 0 bridgehead atoms. The van der Waals surface area contributed by atoms with Gasteiger partial charge in [-0.3, -0.25) is 14.4 Å². The van der Waals surface area contributed by atoms with Crippen molar-refractivity contribution in [1.82, 2.24) is 5.32 Å².